The average molecular weight is 384 g/mol. The number of carbonyl (C=O) groups is 1. The largest absolute Gasteiger partial charge is 0.481 e. The van der Waals surface area contributed by atoms with Gasteiger partial charge in [-0.3, -0.25) is 4.79 Å². The Bertz CT molecular complexity index is 984. The predicted molar refractivity (Wildman–Crippen MR) is 94.1 cm³/mol. The number of ether oxygens (including phenoxy) is 1. The van der Waals surface area contributed by atoms with E-state index in [9.17, 15) is 13.6 Å². The molecule has 0 N–H and O–H groups in total. The van der Waals surface area contributed by atoms with Crippen molar-refractivity contribution < 1.29 is 18.3 Å². The maximum Gasteiger partial charge on any atom is 0.235 e. The molecule has 2 heterocycles. The molecule has 0 radical (unpaired) electrons. The zero-order chi connectivity index (χ0) is 20.0. The topological polar surface area (TPSA) is 79.1 Å². The molecule has 1 aliphatic carbocycles. The van der Waals surface area contributed by atoms with E-state index >= 15 is 0 Å². The highest BCUT2D eigenvalue weighted by Gasteiger charge is 2.43. The maximum atomic E-state index is 13.4. The molecule has 1 aliphatic heterocycles. The Morgan fingerprint density at radius 1 is 1.32 bits per heavy atom. The van der Waals surface area contributed by atoms with Crippen LogP contribution in [0.2, 0.25) is 0 Å². The van der Waals surface area contributed by atoms with Crippen molar-refractivity contribution in [2.75, 3.05) is 7.11 Å². The van der Waals surface area contributed by atoms with Crippen LogP contribution >= 0.6 is 0 Å². The molecule has 1 aromatic carbocycles. The van der Waals surface area contributed by atoms with Gasteiger partial charge in [0.15, 0.2) is 0 Å². The summed E-state index contributed by atoms with van der Waals surface area (Å²) in [7, 11) is 1.47. The van der Waals surface area contributed by atoms with Crippen LogP contribution in [-0.2, 0) is 11.3 Å². The lowest BCUT2D eigenvalue weighted by molar-refractivity contribution is -0.133. The van der Waals surface area contributed by atoms with E-state index in [4.69, 9.17) is 10.00 Å². The lowest BCUT2D eigenvalue weighted by Gasteiger charge is -2.22. The van der Waals surface area contributed by atoms with Crippen molar-refractivity contribution in [3.05, 3.63) is 52.5 Å². The van der Waals surface area contributed by atoms with Crippen molar-refractivity contribution >= 4 is 5.91 Å². The lowest BCUT2D eigenvalue weighted by Crippen LogP contribution is -2.28. The molecule has 3 atom stereocenters. The second-order valence-corrected chi connectivity index (χ2v) is 7.24. The molecule has 1 aromatic heterocycles. The summed E-state index contributed by atoms with van der Waals surface area (Å²) in [6, 6.07) is 5.14. The molecule has 1 saturated carbocycles. The highest BCUT2D eigenvalue weighted by atomic mass is 19.1. The summed E-state index contributed by atoms with van der Waals surface area (Å²) < 4.78 is 32.1. The molecule has 0 bridgehead atoms. The highest BCUT2D eigenvalue weighted by Crippen LogP contribution is 2.50. The van der Waals surface area contributed by atoms with Gasteiger partial charge in [-0.2, -0.15) is 10.2 Å². The fourth-order valence-corrected chi connectivity index (χ4v) is 4.01. The maximum absolute atomic E-state index is 13.4. The van der Waals surface area contributed by atoms with Crippen molar-refractivity contribution in [2.45, 2.75) is 38.3 Å². The smallest absolute Gasteiger partial charge is 0.235 e. The van der Waals surface area contributed by atoms with Crippen molar-refractivity contribution in [2.24, 2.45) is 5.92 Å². The van der Waals surface area contributed by atoms with Crippen LogP contribution in [0.25, 0.3) is 0 Å². The van der Waals surface area contributed by atoms with Gasteiger partial charge in [-0.25, -0.2) is 13.8 Å². The van der Waals surface area contributed by atoms with Crippen LogP contribution in [0.1, 0.15) is 54.4 Å². The predicted octanol–water partition coefficient (Wildman–Crippen LogP) is 3.23. The monoisotopic (exact) mass is 384 g/mol. The van der Waals surface area contributed by atoms with Gasteiger partial charge in [0.25, 0.3) is 0 Å². The summed E-state index contributed by atoms with van der Waals surface area (Å²) in [5.41, 5.74) is 1.93. The first-order valence-electron chi connectivity index (χ1n) is 9.01. The Kier molecular flexibility index (Phi) is 4.46. The molecule has 8 heteroatoms. The third-order valence-electron chi connectivity index (χ3n) is 5.48. The number of aromatic nitrogens is 2. The molecule has 0 spiro atoms. The van der Waals surface area contributed by atoms with E-state index in [1.807, 2.05) is 13.0 Å². The van der Waals surface area contributed by atoms with Gasteiger partial charge in [-0.1, -0.05) is 0 Å². The Balaban J connectivity index is 1.47. The van der Waals surface area contributed by atoms with Gasteiger partial charge in [0, 0.05) is 12.5 Å². The van der Waals surface area contributed by atoms with Crippen LogP contribution in [0, 0.1) is 28.9 Å². The van der Waals surface area contributed by atoms with Crippen molar-refractivity contribution in [3.8, 4) is 11.9 Å². The number of amides is 1. The van der Waals surface area contributed by atoms with Crippen LogP contribution in [-0.4, -0.2) is 27.9 Å². The van der Waals surface area contributed by atoms with E-state index in [1.165, 1.54) is 19.2 Å². The number of benzene rings is 1. The second kappa shape index (κ2) is 6.82. The number of nitriles is 1. The Morgan fingerprint density at radius 3 is 2.68 bits per heavy atom. The summed E-state index contributed by atoms with van der Waals surface area (Å²) >= 11 is 0. The van der Waals surface area contributed by atoms with E-state index in [2.05, 4.69) is 9.97 Å². The number of carbonyl (C=O) groups excluding carboxylic acids is 1. The minimum atomic E-state index is -0.602. The zero-order valence-electron chi connectivity index (χ0n) is 15.4. The van der Waals surface area contributed by atoms with Crippen LogP contribution in [0.3, 0.4) is 0 Å². The van der Waals surface area contributed by atoms with Gasteiger partial charge in [0.05, 0.1) is 31.0 Å². The fourth-order valence-electron chi connectivity index (χ4n) is 4.01. The molecule has 0 saturated heterocycles. The zero-order valence-corrected chi connectivity index (χ0v) is 15.4. The molecule has 2 aromatic rings. The van der Waals surface area contributed by atoms with Gasteiger partial charge >= 0.3 is 0 Å². The molecule has 2 aliphatic rings. The summed E-state index contributed by atoms with van der Waals surface area (Å²) in [6.45, 7) is 2.16. The average Bonchev–Trinajstić information content (AvgIpc) is 3.34. The Morgan fingerprint density at radius 2 is 2.04 bits per heavy atom. The van der Waals surface area contributed by atoms with Crippen LogP contribution in [0.5, 0.6) is 5.88 Å². The first kappa shape index (κ1) is 18.3. The minimum Gasteiger partial charge on any atom is -0.481 e. The first-order chi connectivity index (χ1) is 13.4. The van der Waals surface area contributed by atoms with Gasteiger partial charge in [0.2, 0.25) is 17.6 Å². The molecule has 28 heavy (non-hydrogen) atoms. The number of fused-ring (bicyclic) bond motifs is 1. The van der Waals surface area contributed by atoms with E-state index in [0.717, 1.165) is 18.1 Å². The molecular weight excluding hydrogens is 366 g/mol. The fraction of sp³-hybridized carbons (Fsp3) is 0.400. The number of nitrogens with zero attached hydrogens (tertiary/aromatic N) is 4. The van der Waals surface area contributed by atoms with Gasteiger partial charge < -0.3 is 9.64 Å². The van der Waals surface area contributed by atoms with Gasteiger partial charge in [-0.15, -0.1) is 0 Å². The second-order valence-electron chi connectivity index (χ2n) is 7.24. The van der Waals surface area contributed by atoms with Crippen molar-refractivity contribution in [1.82, 2.24) is 14.9 Å². The van der Waals surface area contributed by atoms with Crippen LogP contribution in [0.4, 0.5) is 8.78 Å². The summed E-state index contributed by atoms with van der Waals surface area (Å²) in [5, 5.41) is 9.07. The van der Waals surface area contributed by atoms with Gasteiger partial charge in [0.1, 0.15) is 17.7 Å². The normalized spacial score (nSPS) is 22.5. The quantitative estimate of drug-likeness (QED) is 0.809. The number of hydrogen-bond donors (Lipinski definition) is 0. The van der Waals surface area contributed by atoms with Crippen molar-refractivity contribution in [1.29, 1.82) is 5.26 Å². The van der Waals surface area contributed by atoms with Crippen molar-refractivity contribution in [3.63, 3.8) is 0 Å². The number of methoxy groups -OCH3 is 1. The van der Waals surface area contributed by atoms with E-state index in [1.54, 1.807) is 4.90 Å². The molecule has 6 nitrogen and oxygen atoms in total. The number of hydrogen-bond acceptors (Lipinski definition) is 5. The molecule has 3 unspecified atom stereocenters. The SMILES string of the molecule is COc1nc(C#N)nc2c1C(C)N(C(=O)CC1CC1c1cc(F)cc(F)c1)C2. The Hall–Kier alpha value is -3.08. The number of rotatable bonds is 4. The number of halogens is 2. The summed E-state index contributed by atoms with van der Waals surface area (Å²) in [6.07, 6.45) is 1.02. The molecule has 1 fully saturated rings. The third kappa shape index (κ3) is 3.17. The summed E-state index contributed by atoms with van der Waals surface area (Å²) in [5.74, 6) is -0.892. The third-order valence-corrected chi connectivity index (χ3v) is 5.48. The van der Waals surface area contributed by atoms with E-state index in [-0.39, 0.29) is 36.2 Å². The van der Waals surface area contributed by atoms with Gasteiger partial charge in [-0.05, 0) is 42.9 Å². The molecule has 1 amide bonds. The van der Waals surface area contributed by atoms with E-state index < -0.39 is 11.6 Å². The molecule has 144 valence electrons. The molecule has 4 rings (SSSR count). The van der Waals surface area contributed by atoms with Crippen LogP contribution < -0.4 is 4.74 Å². The summed E-state index contributed by atoms with van der Waals surface area (Å²) in [4.78, 5) is 22.8. The molecular formula is C20H18F2N4O2. The highest BCUT2D eigenvalue weighted by molar-refractivity contribution is 5.78. The van der Waals surface area contributed by atoms with Crippen LogP contribution in [0.15, 0.2) is 18.2 Å². The van der Waals surface area contributed by atoms with E-state index in [0.29, 0.717) is 23.6 Å². The Labute approximate surface area is 160 Å². The first-order valence-corrected chi connectivity index (χ1v) is 9.01. The standard InChI is InChI=1S/C20H18F2N4O2/c1-10-19-16(24-17(8-23)25-20(19)28-2)9-26(10)18(27)6-12-5-15(12)11-3-13(21)7-14(22)4-11/h3-4,7,10,12,15H,5-6,9H2,1-2H3. The lowest BCUT2D eigenvalue weighted by atomic mass is 10.1. The minimum absolute atomic E-state index is 0.00560.